The third-order valence-electron chi connectivity index (χ3n) is 2.81. The SMILES string of the molecule is COCc1ccc(C(=O)N[C@@H](CCC(N)=O)C(=O)O)cc1. The number of carbonyl (C=O) groups excluding carboxylic acids is 2. The predicted octanol–water partition coefficient (Wildman–Crippen LogP) is 0.282. The summed E-state index contributed by atoms with van der Waals surface area (Å²) in [7, 11) is 1.57. The Morgan fingerprint density at radius 1 is 1.29 bits per heavy atom. The van der Waals surface area contributed by atoms with Crippen LogP contribution in [0.1, 0.15) is 28.8 Å². The Balaban J connectivity index is 2.67. The first kappa shape index (κ1) is 16.6. The average Bonchev–Trinajstić information content (AvgIpc) is 2.43. The normalized spacial score (nSPS) is 11.7. The van der Waals surface area contributed by atoms with Gasteiger partial charge < -0.3 is 20.9 Å². The Hall–Kier alpha value is -2.41. The molecule has 0 fully saturated rings. The molecular formula is C14H18N2O5. The van der Waals surface area contributed by atoms with Gasteiger partial charge in [-0.25, -0.2) is 4.79 Å². The number of aliphatic carboxylic acids is 1. The Morgan fingerprint density at radius 2 is 1.90 bits per heavy atom. The van der Waals surface area contributed by atoms with E-state index >= 15 is 0 Å². The van der Waals surface area contributed by atoms with Gasteiger partial charge in [-0.15, -0.1) is 0 Å². The van der Waals surface area contributed by atoms with E-state index in [2.05, 4.69) is 5.32 Å². The lowest BCUT2D eigenvalue weighted by Gasteiger charge is -2.13. The van der Waals surface area contributed by atoms with E-state index < -0.39 is 23.8 Å². The molecule has 1 rings (SSSR count). The number of nitrogens with two attached hydrogens (primary N) is 1. The van der Waals surface area contributed by atoms with Gasteiger partial charge in [0.2, 0.25) is 5.91 Å². The number of hydrogen-bond acceptors (Lipinski definition) is 4. The van der Waals surface area contributed by atoms with Gasteiger partial charge in [0.15, 0.2) is 0 Å². The first-order chi connectivity index (χ1) is 9.93. The highest BCUT2D eigenvalue weighted by Gasteiger charge is 2.21. The smallest absolute Gasteiger partial charge is 0.326 e. The first-order valence-electron chi connectivity index (χ1n) is 6.34. The minimum atomic E-state index is -1.21. The van der Waals surface area contributed by atoms with Crippen molar-refractivity contribution in [2.45, 2.75) is 25.5 Å². The molecule has 114 valence electrons. The van der Waals surface area contributed by atoms with Crippen molar-refractivity contribution in [1.29, 1.82) is 0 Å². The van der Waals surface area contributed by atoms with Gasteiger partial charge in [-0.05, 0) is 24.1 Å². The number of methoxy groups -OCH3 is 1. The molecule has 0 unspecified atom stereocenters. The zero-order valence-electron chi connectivity index (χ0n) is 11.7. The van der Waals surface area contributed by atoms with Crippen LogP contribution in [0.4, 0.5) is 0 Å². The summed E-state index contributed by atoms with van der Waals surface area (Å²) in [6.07, 6.45) is -0.151. The second-order valence-corrected chi connectivity index (χ2v) is 4.50. The summed E-state index contributed by atoms with van der Waals surface area (Å²) < 4.78 is 4.96. The number of carboxylic acid groups (broad SMARTS) is 1. The summed E-state index contributed by atoms with van der Waals surface area (Å²) in [6, 6.07) is 5.45. The Kier molecular flexibility index (Phi) is 6.35. The van der Waals surface area contributed by atoms with Crippen LogP contribution in [0, 0.1) is 0 Å². The Bertz CT molecular complexity index is 513. The predicted molar refractivity (Wildman–Crippen MR) is 74.5 cm³/mol. The summed E-state index contributed by atoms with van der Waals surface area (Å²) >= 11 is 0. The van der Waals surface area contributed by atoms with Crippen LogP contribution >= 0.6 is 0 Å². The van der Waals surface area contributed by atoms with Gasteiger partial charge in [-0.3, -0.25) is 9.59 Å². The van der Waals surface area contributed by atoms with Gasteiger partial charge in [0, 0.05) is 19.1 Å². The van der Waals surface area contributed by atoms with E-state index in [-0.39, 0.29) is 12.8 Å². The summed E-state index contributed by atoms with van der Waals surface area (Å²) in [6.45, 7) is 0.429. The zero-order chi connectivity index (χ0) is 15.8. The van der Waals surface area contributed by atoms with Gasteiger partial charge in [-0.2, -0.15) is 0 Å². The van der Waals surface area contributed by atoms with Crippen LogP contribution in [0.2, 0.25) is 0 Å². The minimum Gasteiger partial charge on any atom is -0.480 e. The molecule has 0 aliphatic heterocycles. The Labute approximate surface area is 122 Å². The topological polar surface area (TPSA) is 119 Å². The van der Waals surface area contributed by atoms with Crippen molar-refractivity contribution < 1.29 is 24.2 Å². The number of amides is 2. The van der Waals surface area contributed by atoms with Gasteiger partial charge in [0.05, 0.1) is 6.61 Å². The van der Waals surface area contributed by atoms with Crippen molar-refractivity contribution in [3.8, 4) is 0 Å². The summed E-state index contributed by atoms with van der Waals surface area (Å²) in [5.41, 5.74) is 6.21. The molecule has 1 aromatic carbocycles. The van der Waals surface area contributed by atoms with Crippen molar-refractivity contribution in [3.63, 3.8) is 0 Å². The first-order valence-corrected chi connectivity index (χ1v) is 6.34. The molecule has 7 nitrogen and oxygen atoms in total. The van der Waals surface area contributed by atoms with Crippen LogP contribution in [-0.2, 0) is 20.9 Å². The number of carboxylic acids is 1. The second-order valence-electron chi connectivity index (χ2n) is 4.50. The molecule has 0 aromatic heterocycles. The number of hydrogen-bond donors (Lipinski definition) is 3. The number of ether oxygens (including phenoxy) is 1. The molecule has 0 radical (unpaired) electrons. The molecule has 0 spiro atoms. The van der Waals surface area contributed by atoms with E-state index in [9.17, 15) is 14.4 Å². The Morgan fingerprint density at radius 3 is 2.38 bits per heavy atom. The van der Waals surface area contributed by atoms with Gasteiger partial charge in [0.25, 0.3) is 5.91 Å². The third kappa shape index (κ3) is 5.62. The van der Waals surface area contributed by atoms with Gasteiger partial charge in [-0.1, -0.05) is 12.1 Å². The minimum absolute atomic E-state index is 0.0435. The number of rotatable bonds is 8. The maximum atomic E-state index is 12.0. The van der Waals surface area contributed by atoms with Crippen LogP contribution in [0.5, 0.6) is 0 Å². The van der Waals surface area contributed by atoms with Crippen LogP contribution < -0.4 is 11.1 Å². The molecule has 7 heteroatoms. The van der Waals surface area contributed by atoms with Crippen molar-refractivity contribution in [1.82, 2.24) is 5.32 Å². The summed E-state index contributed by atoms with van der Waals surface area (Å²) in [5.74, 6) is -2.34. The standard InChI is InChI=1S/C14H18N2O5/c1-21-8-9-2-4-10(5-3-9)13(18)16-11(14(19)20)6-7-12(15)17/h2-5,11H,6-8H2,1H3,(H2,15,17)(H,16,18)(H,19,20)/t11-/m0/s1. The summed E-state index contributed by atoms with van der Waals surface area (Å²) in [4.78, 5) is 33.7. The van der Waals surface area contributed by atoms with E-state index in [1.807, 2.05) is 0 Å². The molecule has 1 aromatic rings. The molecule has 0 saturated carbocycles. The van der Waals surface area contributed by atoms with E-state index in [4.69, 9.17) is 15.6 Å². The molecule has 0 bridgehead atoms. The highest BCUT2D eigenvalue weighted by atomic mass is 16.5. The van der Waals surface area contributed by atoms with Crippen molar-refractivity contribution in [3.05, 3.63) is 35.4 Å². The molecule has 0 aliphatic rings. The second kappa shape index (κ2) is 8.01. The van der Waals surface area contributed by atoms with Gasteiger partial charge >= 0.3 is 5.97 Å². The lowest BCUT2D eigenvalue weighted by Crippen LogP contribution is -2.41. The summed E-state index contributed by atoms with van der Waals surface area (Å²) in [5, 5.41) is 11.4. The fraction of sp³-hybridized carbons (Fsp3) is 0.357. The zero-order valence-corrected chi connectivity index (χ0v) is 11.7. The average molecular weight is 294 g/mol. The van der Waals surface area contributed by atoms with Gasteiger partial charge in [0.1, 0.15) is 6.04 Å². The lowest BCUT2D eigenvalue weighted by molar-refractivity contribution is -0.139. The molecule has 4 N–H and O–H groups in total. The fourth-order valence-corrected chi connectivity index (χ4v) is 1.70. The largest absolute Gasteiger partial charge is 0.480 e. The third-order valence-corrected chi connectivity index (χ3v) is 2.81. The molecule has 0 heterocycles. The molecule has 21 heavy (non-hydrogen) atoms. The van der Waals surface area contributed by atoms with Crippen LogP contribution in [0.25, 0.3) is 0 Å². The van der Waals surface area contributed by atoms with E-state index in [1.54, 1.807) is 31.4 Å². The molecule has 0 saturated heterocycles. The molecular weight excluding hydrogens is 276 g/mol. The quantitative estimate of drug-likeness (QED) is 0.636. The van der Waals surface area contributed by atoms with Crippen LogP contribution in [-0.4, -0.2) is 36.0 Å². The van der Waals surface area contributed by atoms with E-state index in [0.717, 1.165) is 5.56 Å². The van der Waals surface area contributed by atoms with Crippen molar-refractivity contribution in [2.24, 2.45) is 5.73 Å². The van der Waals surface area contributed by atoms with E-state index in [1.165, 1.54) is 0 Å². The van der Waals surface area contributed by atoms with E-state index in [0.29, 0.717) is 12.2 Å². The number of carbonyl (C=O) groups is 3. The molecule has 2 amide bonds. The molecule has 1 atom stereocenters. The maximum absolute atomic E-state index is 12.0. The fourth-order valence-electron chi connectivity index (χ4n) is 1.70. The highest BCUT2D eigenvalue weighted by molar-refractivity contribution is 5.96. The number of benzene rings is 1. The number of nitrogens with one attached hydrogen (secondary N) is 1. The highest BCUT2D eigenvalue weighted by Crippen LogP contribution is 2.07. The molecule has 0 aliphatic carbocycles. The monoisotopic (exact) mass is 294 g/mol. The number of primary amides is 1. The lowest BCUT2D eigenvalue weighted by atomic mass is 10.1. The maximum Gasteiger partial charge on any atom is 0.326 e. The van der Waals surface area contributed by atoms with Crippen LogP contribution in [0.3, 0.4) is 0 Å². The van der Waals surface area contributed by atoms with Crippen molar-refractivity contribution in [2.75, 3.05) is 7.11 Å². The van der Waals surface area contributed by atoms with Crippen molar-refractivity contribution >= 4 is 17.8 Å². The van der Waals surface area contributed by atoms with Crippen LogP contribution in [0.15, 0.2) is 24.3 Å².